The first-order valence-corrected chi connectivity index (χ1v) is 7.59. The number of hydrogen-bond donors (Lipinski definition) is 1. The molecule has 1 N–H and O–H groups in total. The Morgan fingerprint density at radius 1 is 1.32 bits per heavy atom. The van der Waals surface area contributed by atoms with E-state index in [2.05, 4.69) is 0 Å². The van der Waals surface area contributed by atoms with Crippen LogP contribution in [0.4, 0.5) is 0 Å². The van der Waals surface area contributed by atoms with Gasteiger partial charge < -0.3 is 9.84 Å². The Balaban J connectivity index is 2.14. The van der Waals surface area contributed by atoms with Gasteiger partial charge in [-0.2, -0.15) is 8.42 Å². The minimum Gasteiger partial charge on any atom is -0.391 e. The topological polar surface area (TPSA) is 72.8 Å². The number of aliphatic hydroxyl groups is 1. The molecular formula is C13H18O5S. The predicted octanol–water partition coefficient (Wildman–Crippen LogP) is 1.51. The fraction of sp³-hybridized carbons (Fsp3) is 0.538. The average Bonchev–Trinajstić information content (AvgIpc) is 2.31. The zero-order chi connectivity index (χ0) is 14.0. The van der Waals surface area contributed by atoms with Crippen LogP contribution < -0.4 is 0 Å². The molecule has 0 saturated carbocycles. The normalized spacial score (nSPS) is 24.4. The molecule has 0 spiro atoms. The molecule has 0 aromatic heterocycles. The Bertz CT molecular complexity index is 544. The third-order valence-corrected chi connectivity index (χ3v) is 4.51. The molecule has 1 aromatic rings. The summed E-state index contributed by atoms with van der Waals surface area (Å²) in [4.78, 5) is 0.160. The van der Waals surface area contributed by atoms with Gasteiger partial charge in [-0.3, -0.25) is 0 Å². The molecule has 1 saturated heterocycles. The third kappa shape index (κ3) is 3.54. The van der Waals surface area contributed by atoms with E-state index >= 15 is 0 Å². The molecule has 1 fully saturated rings. The molecule has 1 heterocycles. The minimum absolute atomic E-state index is 0.104. The zero-order valence-electron chi connectivity index (χ0n) is 11.0. The number of aliphatic hydroxyl groups excluding tert-OH is 1. The van der Waals surface area contributed by atoms with Crippen molar-refractivity contribution >= 4 is 10.1 Å². The van der Waals surface area contributed by atoms with Gasteiger partial charge in [-0.05, 0) is 31.9 Å². The van der Waals surface area contributed by atoms with Gasteiger partial charge in [-0.15, -0.1) is 0 Å². The number of aryl methyl sites for hydroxylation is 2. The molecule has 0 bridgehead atoms. The second-order valence-electron chi connectivity index (χ2n) is 4.81. The van der Waals surface area contributed by atoms with Gasteiger partial charge in [0.2, 0.25) is 0 Å². The first kappa shape index (κ1) is 14.5. The monoisotopic (exact) mass is 286 g/mol. The van der Waals surface area contributed by atoms with Crippen molar-refractivity contribution < 1.29 is 22.4 Å². The standard InChI is InChI=1S/C13H18O5S/c1-9-3-5-12(10(2)7-9)19(15,16)18-13-6-4-11(14)8-17-13/h3,5,7,11,13-14H,4,6,8H2,1-2H3. The van der Waals surface area contributed by atoms with E-state index < -0.39 is 22.5 Å². The van der Waals surface area contributed by atoms with E-state index in [-0.39, 0.29) is 11.5 Å². The van der Waals surface area contributed by atoms with Crippen molar-refractivity contribution in [2.24, 2.45) is 0 Å². The quantitative estimate of drug-likeness (QED) is 0.853. The minimum atomic E-state index is -3.83. The van der Waals surface area contributed by atoms with Crippen LogP contribution in [-0.2, 0) is 19.0 Å². The lowest BCUT2D eigenvalue weighted by Crippen LogP contribution is -2.32. The highest BCUT2D eigenvalue weighted by molar-refractivity contribution is 7.86. The molecule has 1 aromatic carbocycles. The summed E-state index contributed by atoms with van der Waals surface area (Å²) in [5.41, 5.74) is 1.64. The molecular weight excluding hydrogens is 268 g/mol. The van der Waals surface area contributed by atoms with Crippen molar-refractivity contribution in [3.8, 4) is 0 Å². The maximum atomic E-state index is 12.1. The zero-order valence-corrected chi connectivity index (χ0v) is 11.8. The molecule has 1 aliphatic heterocycles. The fourth-order valence-electron chi connectivity index (χ4n) is 2.06. The SMILES string of the molecule is Cc1ccc(S(=O)(=O)OC2CCC(O)CO2)c(C)c1. The molecule has 2 unspecified atom stereocenters. The first-order valence-electron chi connectivity index (χ1n) is 6.19. The Morgan fingerprint density at radius 2 is 2.05 bits per heavy atom. The molecule has 0 radical (unpaired) electrons. The van der Waals surface area contributed by atoms with Gasteiger partial charge in [-0.25, -0.2) is 4.18 Å². The van der Waals surface area contributed by atoms with Gasteiger partial charge in [0.15, 0.2) is 6.29 Å². The van der Waals surface area contributed by atoms with Crippen LogP contribution in [0.5, 0.6) is 0 Å². The van der Waals surface area contributed by atoms with Crippen LogP contribution in [0.25, 0.3) is 0 Å². The van der Waals surface area contributed by atoms with Crippen LogP contribution in [0.1, 0.15) is 24.0 Å². The van der Waals surface area contributed by atoms with Crippen LogP contribution in [0, 0.1) is 13.8 Å². The lowest BCUT2D eigenvalue weighted by molar-refractivity contribution is -0.139. The van der Waals surface area contributed by atoms with E-state index in [1.807, 2.05) is 6.92 Å². The molecule has 106 valence electrons. The van der Waals surface area contributed by atoms with Crippen LogP contribution in [-0.4, -0.2) is 32.5 Å². The highest BCUT2D eigenvalue weighted by atomic mass is 32.2. The number of hydrogen-bond acceptors (Lipinski definition) is 5. The molecule has 0 amide bonds. The Morgan fingerprint density at radius 3 is 2.63 bits per heavy atom. The van der Waals surface area contributed by atoms with Crippen molar-refractivity contribution in [3.05, 3.63) is 29.3 Å². The first-order chi connectivity index (χ1) is 8.88. The second kappa shape index (κ2) is 5.58. The van der Waals surface area contributed by atoms with Gasteiger partial charge in [0.1, 0.15) is 0 Å². The predicted molar refractivity (Wildman–Crippen MR) is 69.2 cm³/mol. The summed E-state index contributed by atoms with van der Waals surface area (Å²) in [6.07, 6.45) is -0.504. The highest BCUT2D eigenvalue weighted by Gasteiger charge is 2.27. The van der Waals surface area contributed by atoms with Gasteiger partial charge in [0.05, 0.1) is 17.6 Å². The average molecular weight is 286 g/mol. The van der Waals surface area contributed by atoms with E-state index in [0.29, 0.717) is 18.4 Å². The van der Waals surface area contributed by atoms with Gasteiger partial charge in [0.25, 0.3) is 10.1 Å². The Kier molecular flexibility index (Phi) is 4.25. The molecule has 5 nitrogen and oxygen atoms in total. The lowest BCUT2D eigenvalue weighted by atomic mass is 10.2. The van der Waals surface area contributed by atoms with Gasteiger partial charge in [-0.1, -0.05) is 17.7 Å². The van der Waals surface area contributed by atoms with Crippen molar-refractivity contribution in [1.29, 1.82) is 0 Å². The van der Waals surface area contributed by atoms with E-state index in [9.17, 15) is 13.5 Å². The number of benzene rings is 1. The molecule has 2 atom stereocenters. The summed E-state index contributed by atoms with van der Waals surface area (Å²) < 4.78 is 34.5. The van der Waals surface area contributed by atoms with Crippen LogP contribution >= 0.6 is 0 Å². The van der Waals surface area contributed by atoms with Crippen molar-refractivity contribution in [1.82, 2.24) is 0 Å². The number of rotatable bonds is 3. The highest BCUT2D eigenvalue weighted by Crippen LogP contribution is 2.23. The maximum Gasteiger partial charge on any atom is 0.299 e. The molecule has 1 aliphatic rings. The number of ether oxygens (including phenoxy) is 1. The summed E-state index contributed by atoms with van der Waals surface area (Å²) >= 11 is 0. The summed E-state index contributed by atoms with van der Waals surface area (Å²) in [7, 11) is -3.83. The molecule has 2 rings (SSSR count). The van der Waals surface area contributed by atoms with E-state index in [1.54, 1.807) is 19.1 Å². The van der Waals surface area contributed by atoms with Crippen LogP contribution in [0.15, 0.2) is 23.1 Å². The maximum absolute atomic E-state index is 12.1. The third-order valence-electron chi connectivity index (χ3n) is 3.04. The van der Waals surface area contributed by atoms with E-state index in [0.717, 1.165) is 5.56 Å². The smallest absolute Gasteiger partial charge is 0.299 e. The summed E-state index contributed by atoms with van der Waals surface area (Å²) in [5.74, 6) is 0. The summed E-state index contributed by atoms with van der Waals surface area (Å²) in [6, 6.07) is 5.06. The summed E-state index contributed by atoms with van der Waals surface area (Å²) in [5, 5.41) is 9.29. The van der Waals surface area contributed by atoms with Crippen LogP contribution in [0.2, 0.25) is 0 Å². The van der Waals surface area contributed by atoms with Crippen molar-refractivity contribution in [3.63, 3.8) is 0 Å². The molecule has 19 heavy (non-hydrogen) atoms. The van der Waals surface area contributed by atoms with E-state index in [4.69, 9.17) is 8.92 Å². The molecule has 6 heteroatoms. The van der Waals surface area contributed by atoms with Crippen LogP contribution in [0.3, 0.4) is 0 Å². The van der Waals surface area contributed by atoms with Gasteiger partial charge >= 0.3 is 0 Å². The lowest BCUT2D eigenvalue weighted by Gasteiger charge is -2.25. The fourth-order valence-corrected chi connectivity index (χ4v) is 3.29. The Labute approximate surface area is 113 Å². The van der Waals surface area contributed by atoms with Crippen molar-refractivity contribution in [2.45, 2.75) is 44.0 Å². The summed E-state index contributed by atoms with van der Waals surface area (Å²) in [6.45, 7) is 3.73. The Hall–Kier alpha value is -0.950. The van der Waals surface area contributed by atoms with Gasteiger partial charge in [0, 0.05) is 6.42 Å². The van der Waals surface area contributed by atoms with Crippen molar-refractivity contribution in [2.75, 3.05) is 6.61 Å². The second-order valence-corrected chi connectivity index (χ2v) is 6.35. The largest absolute Gasteiger partial charge is 0.391 e. The van der Waals surface area contributed by atoms with E-state index in [1.165, 1.54) is 6.07 Å². The molecule has 0 aliphatic carbocycles.